The predicted octanol–water partition coefficient (Wildman–Crippen LogP) is 1.78. The van der Waals surface area contributed by atoms with Crippen molar-refractivity contribution in [1.29, 1.82) is 0 Å². The summed E-state index contributed by atoms with van der Waals surface area (Å²) >= 11 is 0. The number of nitrogens with one attached hydrogen (secondary N) is 1. The van der Waals surface area contributed by atoms with Crippen molar-refractivity contribution < 1.29 is 4.79 Å². The van der Waals surface area contributed by atoms with Crippen LogP contribution in [0.4, 0.5) is 0 Å². The molecule has 0 aromatic rings. The Labute approximate surface area is 98.6 Å². The Bertz CT molecular complexity index is 236. The van der Waals surface area contributed by atoms with Crippen LogP contribution in [0.1, 0.15) is 45.4 Å². The van der Waals surface area contributed by atoms with Crippen LogP contribution in [0.15, 0.2) is 0 Å². The van der Waals surface area contributed by atoms with E-state index in [1.165, 1.54) is 38.5 Å². The van der Waals surface area contributed by atoms with Crippen LogP contribution in [-0.2, 0) is 4.79 Å². The number of hydrogen-bond donors (Lipinski definition) is 1. The molecule has 3 heteroatoms. The van der Waals surface area contributed by atoms with Crippen molar-refractivity contribution in [2.75, 3.05) is 19.6 Å². The van der Waals surface area contributed by atoms with E-state index in [1.54, 1.807) is 0 Å². The molecule has 0 spiro atoms. The largest absolute Gasteiger partial charge is 0.352 e. The van der Waals surface area contributed by atoms with Gasteiger partial charge in [0.1, 0.15) is 0 Å². The molecular weight excluding hydrogens is 200 g/mol. The van der Waals surface area contributed by atoms with E-state index >= 15 is 0 Å². The summed E-state index contributed by atoms with van der Waals surface area (Å²) < 4.78 is 0. The lowest BCUT2D eigenvalue weighted by Gasteiger charge is -2.30. The quantitative estimate of drug-likeness (QED) is 0.792. The third-order valence-electron chi connectivity index (χ3n) is 4.02. The first kappa shape index (κ1) is 11.9. The highest BCUT2D eigenvalue weighted by Crippen LogP contribution is 2.23. The van der Waals surface area contributed by atoms with Crippen LogP contribution in [0.3, 0.4) is 0 Å². The maximum Gasteiger partial charge on any atom is 0.234 e. The van der Waals surface area contributed by atoms with Crippen LogP contribution in [-0.4, -0.2) is 36.5 Å². The zero-order valence-electron chi connectivity index (χ0n) is 10.4. The van der Waals surface area contributed by atoms with Crippen LogP contribution in [0.5, 0.6) is 0 Å². The molecule has 1 N–H and O–H groups in total. The highest BCUT2D eigenvalue weighted by molar-refractivity contribution is 5.78. The molecule has 16 heavy (non-hydrogen) atoms. The van der Waals surface area contributed by atoms with Crippen molar-refractivity contribution in [3.63, 3.8) is 0 Å². The van der Waals surface area contributed by atoms with Crippen molar-refractivity contribution in [1.82, 2.24) is 10.2 Å². The Morgan fingerprint density at radius 3 is 2.56 bits per heavy atom. The highest BCUT2D eigenvalue weighted by atomic mass is 16.2. The van der Waals surface area contributed by atoms with Gasteiger partial charge in [0, 0.05) is 6.04 Å². The number of amides is 1. The van der Waals surface area contributed by atoms with Crippen molar-refractivity contribution in [3.05, 3.63) is 0 Å². The molecule has 1 aliphatic carbocycles. The summed E-state index contributed by atoms with van der Waals surface area (Å²) in [7, 11) is 0. The second-order valence-corrected chi connectivity index (χ2v) is 5.42. The summed E-state index contributed by atoms with van der Waals surface area (Å²) in [5.41, 5.74) is 0. The van der Waals surface area contributed by atoms with Crippen LogP contribution in [0, 0.1) is 5.92 Å². The zero-order chi connectivity index (χ0) is 11.4. The number of likely N-dealkylation sites (tertiary alicyclic amines) is 1. The van der Waals surface area contributed by atoms with E-state index < -0.39 is 0 Å². The average molecular weight is 224 g/mol. The molecular formula is C13H24N2O. The van der Waals surface area contributed by atoms with Gasteiger partial charge in [-0.1, -0.05) is 19.8 Å². The van der Waals surface area contributed by atoms with Gasteiger partial charge in [0.05, 0.1) is 6.54 Å². The monoisotopic (exact) mass is 224 g/mol. The highest BCUT2D eigenvalue weighted by Gasteiger charge is 2.23. The molecule has 0 bridgehead atoms. The minimum Gasteiger partial charge on any atom is -0.352 e. The van der Waals surface area contributed by atoms with Crippen molar-refractivity contribution in [3.8, 4) is 0 Å². The minimum absolute atomic E-state index is 0.237. The Morgan fingerprint density at radius 1 is 1.19 bits per heavy atom. The van der Waals surface area contributed by atoms with Gasteiger partial charge >= 0.3 is 0 Å². The lowest BCUT2D eigenvalue weighted by molar-refractivity contribution is -0.123. The van der Waals surface area contributed by atoms with Crippen molar-refractivity contribution >= 4 is 5.91 Å². The second-order valence-electron chi connectivity index (χ2n) is 5.42. The Balaban J connectivity index is 1.72. The predicted molar refractivity (Wildman–Crippen MR) is 65.2 cm³/mol. The molecule has 1 aliphatic heterocycles. The topological polar surface area (TPSA) is 32.3 Å². The second kappa shape index (κ2) is 5.67. The normalized spacial score (nSPS) is 31.6. The van der Waals surface area contributed by atoms with E-state index in [0.717, 1.165) is 13.1 Å². The van der Waals surface area contributed by atoms with Gasteiger partial charge in [0.15, 0.2) is 0 Å². The van der Waals surface area contributed by atoms with Gasteiger partial charge in [0.25, 0.3) is 0 Å². The molecule has 2 aliphatic rings. The standard InChI is InChI=1S/C13H24N2O/c1-11-6-2-3-7-12(11)14-13(16)10-15-8-4-5-9-15/h11-12H,2-10H2,1H3,(H,14,16)/t11-,12-/m0/s1. The summed E-state index contributed by atoms with van der Waals surface area (Å²) in [6, 6.07) is 0.434. The van der Waals surface area contributed by atoms with Gasteiger partial charge in [-0.2, -0.15) is 0 Å². The first-order valence-electron chi connectivity index (χ1n) is 6.77. The Kier molecular flexibility index (Phi) is 4.22. The lowest BCUT2D eigenvalue weighted by Crippen LogP contribution is -2.45. The van der Waals surface area contributed by atoms with E-state index in [9.17, 15) is 4.79 Å². The summed E-state index contributed by atoms with van der Waals surface area (Å²) in [5.74, 6) is 0.900. The molecule has 1 saturated carbocycles. The summed E-state index contributed by atoms with van der Waals surface area (Å²) in [6.45, 7) is 5.09. The number of rotatable bonds is 3. The summed E-state index contributed by atoms with van der Waals surface area (Å²) in [4.78, 5) is 14.1. The molecule has 2 rings (SSSR count). The molecule has 0 aromatic heterocycles. The Hall–Kier alpha value is -0.570. The molecule has 1 heterocycles. The lowest BCUT2D eigenvalue weighted by atomic mass is 9.86. The first-order chi connectivity index (χ1) is 7.75. The average Bonchev–Trinajstić information content (AvgIpc) is 2.74. The van der Waals surface area contributed by atoms with E-state index in [1.807, 2.05) is 0 Å². The van der Waals surface area contributed by atoms with Crippen LogP contribution < -0.4 is 5.32 Å². The SMILES string of the molecule is C[C@H]1CCCC[C@@H]1NC(=O)CN1CCCC1. The molecule has 2 atom stereocenters. The van der Waals surface area contributed by atoms with E-state index in [-0.39, 0.29) is 5.91 Å². The fraction of sp³-hybridized carbons (Fsp3) is 0.923. The molecule has 2 fully saturated rings. The maximum atomic E-state index is 11.9. The molecule has 0 unspecified atom stereocenters. The smallest absolute Gasteiger partial charge is 0.234 e. The number of carbonyl (C=O) groups is 1. The van der Waals surface area contributed by atoms with Gasteiger partial charge in [-0.15, -0.1) is 0 Å². The maximum absolute atomic E-state index is 11.9. The fourth-order valence-electron chi connectivity index (χ4n) is 2.93. The van der Waals surface area contributed by atoms with Gasteiger partial charge in [0.2, 0.25) is 5.91 Å². The molecule has 1 saturated heterocycles. The summed E-state index contributed by atoms with van der Waals surface area (Å²) in [6.07, 6.45) is 7.57. The van der Waals surface area contributed by atoms with Crippen LogP contribution >= 0.6 is 0 Å². The minimum atomic E-state index is 0.237. The van der Waals surface area contributed by atoms with Gasteiger partial charge < -0.3 is 5.32 Å². The van der Waals surface area contributed by atoms with Crippen molar-refractivity contribution in [2.24, 2.45) is 5.92 Å². The van der Waals surface area contributed by atoms with Gasteiger partial charge in [-0.3, -0.25) is 9.69 Å². The number of nitrogens with zero attached hydrogens (tertiary/aromatic N) is 1. The van der Waals surface area contributed by atoms with Crippen LogP contribution in [0.2, 0.25) is 0 Å². The summed E-state index contributed by atoms with van der Waals surface area (Å²) in [5, 5.41) is 3.21. The number of hydrogen-bond acceptors (Lipinski definition) is 2. The molecule has 0 aromatic carbocycles. The van der Waals surface area contributed by atoms with Crippen LogP contribution in [0.25, 0.3) is 0 Å². The third-order valence-corrected chi connectivity index (χ3v) is 4.02. The zero-order valence-corrected chi connectivity index (χ0v) is 10.4. The van der Waals surface area contributed by atoms with Gasteiger partial charge in [-0.05, 0) is 44.7 Å². The first-order valence-corrected chi connectivity index (χ1v) is 6.77. The van der Waals surface area contributed by atoms with Crippen molar-refractivity contribution in [2.45, 2.75) is 51.5 Å². The molecule has 3 nitrogen and oxygen atoms in total. The number of carbonyl (C=O) groups excluding carboxylic acids is 1. The molecule has 1 amide bonds. The molecule has 92 valence electrons. The third kappa shape index (κ3) is 3.21. The fourth-order valence-corrected chi connectivity index (χ4v) is 2.93. The molecule has 0 radical (unpaired) electrons. The van der Waals surface area contributed by atoms with E-state index in [4.69, 9.17) is 0 Å². The Morgan fingerprint density at radius 2 is 1.88 bits per heavy atom. The van der Waals surface area contributed by atoms with E-state index in [2.05, 4.69) is 17.1 Å². The van der Waals surface area contributed by atoms with Gasteiger partial charge in [-0.25, -0.2) is 0 Å². The van der Waals surface area contributed by atoms with E-state index in [0.29, 0.717) is 18.5 Å².